The van der Waals surface area contributed by atoms with Crippen molar-refractivity contribution in [2.24, 2.45) is 0 Å². The first-order valence-electron chi connectivity index (χ1n) is 9.37. The van der Waals surface area contributed by atoms with E-state index in [1.165, 1.54) is 15.9 Å². The first-order valence-corrected chi connectivity index (χ1v) is 11.7. The number of halogens is 1. The highest BCUT2D eigenvalue weighted by molar-refractivity contribution is 7.95. The summed E-state index contributed by atoms with van der Waals surface area (Å²) in [4.78, 5) is 4.52. The SMILES string of the molecule is Cc1ccc(C[P+](c2ccccc2)(c2ccccc2)c2ccccc2)c(Cl)n1. The number of nitrogens with zero attached hydrogens (tertiary/aromatic N) is 1. The van der Waals surface area contributed by atoms with Crippen molar-refractivity contribution in [1.29, 1.82) is 0 Å². The number of hydrogen-bond donors (Lipinski definition) is 0. The molecule has 138 valence electrons. The number of rotatable bonds is 5. The summed E-state index contributed by atoms with van der Waals surface area (Å²) in [5.74, 6) is 0. The van der Waals surface area contributed by atoms with Crippen molar-refractivity contribution in [2.75, 3.05) is 0 Å². The van der Waals surface area contributed by atoms with Crippen LogP contribution in [0.5, 0.6) is 0 Å². The number of aromatic nitrogens is 1. The van der Waals surface area contributed by atoms with Crippen LogP contribution in [0, 0.1) is 6.92 Å². The topological polar surface area (TPSA) is 12.9 Å². The van der Waals surface area contributed by atoms with E-state index in [-0.39, 0.29) is 0 Å². The van der Waals surface area contributed by atoms with E-state index >= 15 is 0 Å². The Morgan fingerprint density at radius 3 is 1.46 bits per heavy atom. The van der Waals surface area contributed by atoms with Gasteiger partial charge in [-0.25, -0.2) is 4.98 Å². The van der Waals surface area contributed by atoms with Crippen LogP contribution in [-0.2, 0) is 6.16 Å². The molecule has 4 aromatic rings. The average Bonchev–Trinajstić information content (AvgIpc) is 2.75. The van der Waals surface area contributed by atoms with Crippen LogP contribution in [0.3, 0.4) is 0 Å². The van der Waals surface area contributed by atoms with Crippen molar-refractivity contribution >= 4 is 34.8 Å². The van der Waals surface area contributed by atoms with Crippen LogP contribution in [0.15, 0.2) is 103 Å². The van der Waals surface area contributed by atoms with Gasteiger partial charge in [0.05, 0.1) is 0 Å². The van der Waals surface area contributed by atoms with E-state index in [1.807, 2.05) is 6.92 Å². The van der Waals surface area contributed by atoms with Crippen LogP contribution in [-0.4, -0.2) is 4.98 Å². The van der Waals surface area contributed by atoms with Crippen molar-refractivity contribution in [3.05, 3.63) is 120 Å². The van der Waals surface area contributed by atoms with E-state index in [0.717, 1.165) is 17.4 Å². The lowest BCUT2D eigenvalue weighted by Crippen LogP contribution is -2.32. The summed E-state index contributed by atoms with van der Waals surface area (Å²) in [6, 6.07) is 36.7. The van der Waals surface area contributed by atoms with Crippen LogP contribution in [0.4, 0.5) is 0 Å². The molecule has 3 aromatic carbocycles. The lowest BCUT2D eigenvalue weighted by Gasteiger charge is -2.28. The van der Waals surface area contributed by atoms with Gasteiger partial charge in [0.15, 0.2) is 0 Å². The van der Waals surface area contributed by atoms with Gasteiger partial charge in [-0.3, -0.25) is 0 Å². The van der Waals surface area contributed by atoms with E-state index in [4.69, 9.17) is 11.6 Å². The Kier molecular flexibility index (Phi) is 5.57. The molecular weight excluding hydrogens is 381 g/mol. The highest BCUT2D eigenvalue weighted by atomic mass is 35.5. The van der Waals surface area contributed by atoms with Crippen molar-refractivity contribution in [1.82, 2.24) is 4.98 Å². The maximum absolute atomic E-state index is 6.60. The summed E-state index contributed by atoms with van der Waals surface area (Å²) in [5, 5.41) is 4.66. The first-order chi connectivity index (χ1) is 13.7. The minimum Gasteiger partial charge on any atom is -0.241 e. The second-order valence-corrected chi connectivity index (χ2v) is 10.7. The van der Waals surface area contributed by atoms with Gasteiger partial charge in [0.2, 0.25) is 0 Å². The lowest BCUT2D eigenvalue weighted by molar-refractivity contribution is 1.16. The van der Waals surface area contributed by atoms with Gasteiger partial charge in [-0.1, -0.05) is 72.3 Å². The minimum atomic E-state index is -1.94. The lowest BCUT2D eigenvalue weighted by atomic mass is 10.3. The van der Waals surface area contributed by atoms with E-state index < -0.39 is 7.26 Å². The molecule has 0 aliphatic rings. The largest absolute Gasteiger partial charge is 0.241 e. The zero-order valence-corrected chi connectivity index (χ0v) is 17.4. The normalized spacial score (nSPS) is 11.4. The second kappa shape index (κ2) is 8.27. The van der Waals surface area contributed by atoms with Crippen molar-refractivity contribution in [2.45, 2.75) is 13.1 Å². The molecule has 1 heterocycles. The Bertz CT molecular complexity index is 953. The van der Waals surface area contributed by atoms with Gasteiger partial charge < -0.3 is 0 Å². The molecule has 1 nitrogen and oxygen atoms in total. The quantitative estimate of drug-likeness (QED) is 0.315. The molecule has 0 saturated heterocycles. The molecule has 0 saturated carbocycles. The third-order valence-electron chi connectivity index (χ3n) is 5.06. The molecule has 0 aliphatic carbocycles. The molecule has 3 heteroatoms. The predicted octanol–water partition coefficient (Wildman–Crippen LogP) is 5.54. The van der Waals surface area contributed by atoms with Gasteiger partial charge in [0.1, 0.15) is 34.5 Å². The van der Waals surface area contributed by atoms with E-state index in [9.17, 15) is 0 Å². The summed E-state index contributed by atoms with van der Waals surface area (Å²) in [5.41, 5.74) is 2.04. The smallest absolute Gasteiger partial charge is 0.136 e. The molecule has 1 aromatic heterocycles. The fraction of sp³-hybridized carbons (Fsp3) is 0.0800. The zero-order valence-electron chi connectivity index (χ0n) is 15.8. The Morgan fingerprint density at radius 1 is 0.643 bits per heavy atom. The number of pyridine rings is 1. The molecule has 0 spiro atoms. The summed E-state index contributed by atoms with van der Waals surface area (Å²) < 4.78 is 0. The molecule has 0 radical (unpaired) electrons. The molecule has 0 N–H and O–H groups in total. The molecule has 0 amide bonds. The zero-order chi connectivity index (χ0) is 19.4. The van der Waals surface area contributed by atoms with Crippen LogP contribution < -0.4 is 15.9 Å². The van der Waals surface area contributed by atoms with E-state index in [2.05, 4.69) is 108 Å². The van der Waals surface area contributed by atoms with Gasteiger partial charge >= 0.3 is 0 Å². The van der Waals surface area contributed by atoms with Gasteiger partial charge in [0.25, 0.3) is 0 Å². The molecular formula is C25H22ClNP+. The van der Waals surface area contributed by atoms with Crippen molar-refractivity contribution in [3.8, 4) is 0 Å². The Morgan fingerprint density at radius 2 is 1.07 bits per heavy atom. The molecule has 0 aliphatic heterocycles. The first kappa shape index (κ1) is 18.9. The summed E-state index contributed by atoms with van der Waals surface area (Å²) in [6.45, 7) is 1.98. The molecule has 0 atom stereocenters. The molecule has 28 heavy (non-hydrogen) atoms. The summed E-state index contributed by atoms with van der Waals surface area (Å²) in [6.07, 6.45) is 0.844. The van der Waals surface area contributed by atoms with Crippen molar-refractivity contribution < 1.29 is 0 Å². The molecule has 0 bridgehead atoms. The Balaban J connectivity index is 2.01. The van der Waals surface area contributed by atoms with Crippen LogP contribution in [0.2, 0.25) is 5.15 Å². The maximum atomic E-state index is 6.60. The van der Waals surface area contributed by atoms with Crippen LogP contribution in [0.25, 0.3) is 0 Å². The van der Waals surface area contributed by atoms with Crippen molar-refractivity contribution in [3.63, 3.8) is 0 Å². The Labute approximate surface area is 172 Å². The number of hydrogen-bond acceptors (Lipinski definition) is 1. The van der Waals surface area contributed by atoms with Crippen LogP contribution in [0.1, 0.15) is 11.3 Å². The third-order valence-corrected chi connectivity index (χ3v) is 9.74. The minimum absolute atomic E-state index is 0.604. The molecule has 0 unspecified atom stereocenters. The summed E-state index contributed by atoms with van der Waals surface area (Å²) in [7, 11) is -1.94. The van der Waals surface area contributed by atoms with Gasteiger partial charge in [-0.2, -0.15) is 0 Å². The van der Waals surface area contributed by atoms with Gasteiger partial charge in [0, 0.05) is 11.3 Å². The highest BCUT2D eigenvalue weighted by Gasteiger charge is 2.45. The summed E-state index contributed by atoms with van der Waals surface area (Å²) >= 11 is 6.60. The second-order valence-electron chi connectivity index (χ2n) is 6.88. The van der Waals surface area contributed by atoms with Gasteiger partial charge in [-0.15, -0.1) is 0 Å². The fourth-order valence-corrected chi connectivity index (χ4v) is 8.30. The maximum Gasteiger partial charge on any atom is 0.136 e. The fourth-order valence-electron chi connectivity index (χ4n) is 3.70. The van der Waals surface area contributed by atoms with E-state index in [0.29, 0.717) is 5.15 Å². The monoisotopic (exact) mass is 402 g/mol. The standard InChI is InChI=1S/C25H22ClNP/c1-20-17-18-21(25(26)27-20)19-28(22-11-5-2-6-12-22,23-13-7-3-8-14-23)24-15-9-4-10-16-24/h2-18H,19H2,1H3/q+1. The number of benzene rings is 3. The Hall–Kier alpha value is -2.47. The van der Waals surface area contributed by atoms with Gasteiger partial charge in [-0.05, 0) is 49.4 Å². The predicted molar refractivity (Wildman–Crippen MR) is 123 cm³/mol. The third kappa shape index (κ3) is 3.61. The average molecular weight is 403 g/mol. The highest BCUT2D eigenvalue weighted by Crippen LogP contribution is 2.58. The molecule has 0 fully saturated rings. The molecule has 4 rings (SSSR count). The number of aryl methyl sites for hydroxylation is 1. The van der Waals surface area contributed by atoms with E-state index in [1.54, 1.807) is 0 Å². The van der Waals surface area contributed by atoms with Crippen LogP contribution >= 0.6 is 18.9 Å².